The molecule has 2 unspecified atom stereocenters. The summed E-state index contributed by atoms with van der Waals surface area (Å²) >= 11 is 0. The van der Waals surface area contributed by atoms with Crippen LogP contribution in [0.2, 0.25) is 0 Å². The van der Waals surface area contributed by atoms with Crippen molar-refractivity contribution >= 4 is 9.84 Å². The second-order valence-corrected chi connectivity index (χ2v) is 6.19. The van der Waals surface area contributed by atoms with Gasteiger partial charge in [-0.1, -0.05) is 13.0 Å². The number of nitrogens with two attached hydrogens (primary N) is 1. The normalized spacial score (nSPS) is 16.2. The predicted octanol–water partition coefficient (Wildman–Crippen LogP) is 2.57. The van der Waals surface area contributed by atoms with E-state index in [4.69, 9.17) is 5.73 Å². The van der Waals surface area contributed by atoms with Crippen LogP contribution in [0.4, 0.5) is 17.6 Å². The van der Waals surface area contributed by atoms with Crippen LogP contribution in [-0.4, -0.2) is 20.0 Å². The van der Waals surface area contributed by atoms with Crippen LogP contribution in [0.25, 0.3) is 0 Å². The van der Waals surface area contributed by atoms with Crippen molar-refractivity contribution < 1.29 is 26.0 Å². The fourth-order valence-electron chi connectivity index (χ4n) is 1.53. The third-order valence-electron chi connectivity index (χ3n) is 2.85. The summed E-state index contributed by atoms with van der Waals surface area (Å²) in [6.45, 7) is 3.01. The first-order chi connectivity index (χ1) is 8.48. The summed E-state index contributed by atoms with van der Waals surface area (Å²) in [5.41, 5.74) is -0.0664. The molecule has 3 nitrogen and oxygen atoms in total. The van der Waals surface area contributed by atoms with Gasteiger partial charge in [-0.05, 0) is 30.5 Å². The zero-order valence-corrected chi connectivity index (χ0v) is 11.0. The van der Waals surface area contributed by atoms with E-state index in [1.165, 1.54) is 13.8 Å². The standard InChI is InChI=1S/C11H13F4NO2S/c1-6(7(2)16)9-4-3-8(12)5-10(9)19(17,18)11(13,14)15/h3-7H,16H2,1-2H3. The molecular weight excluding hydrogens is 286 g/mol. The third-order valence-corrected chi connectivity index (χ3v) is 4.39. The van der Waals surface area contributed by atoms with E-state index in [-0.39, 0.29) is 5.56 Å². The van der Waals surface area contributed by atoms with Crippen molar-refractivity contribution in [1.82, 2.24) is 0 Å². The first-order valence-corrected chi connectivity index (χ1v) is 6.83. The van der Waals surface area contributed by atoms with Gasteiger partial charge in [-0.3, -0.25) is 0 Å². The van der Waals surface area contributed by atoms with Gasteiger partial charge in [0.1, 0.15) is 5.82 Å². The Morgan fingerprint density at radius 2 is 1.74 bits per heavy atom. The highest BCUT2D eigenvalue weighted by molar-refractivity contribution is 7.92. The molecule has 1 aromatic rings. The third kappa shape index (κ3) is 3.06. The van der Waals surface area contributed by atoms with Crippen LogP contribution in [0.5, 0.6) is 0 Å². The molecule has 2 atom stereocenters. The fraction of sp³-hybridized carbons (Fsp3) is 0.455. The summed E-state index contributed by atoms with van der Waals surface area (Å²) in [5, 5.41) is 0. The second-order valence-electron chi connectivity index (χ2n) is 4.28. The van der Waals surface area contributed by atoms with Gasteiger partial charge in [0.05, 0.1) is 4.90 Å². The Labute approximate surface area is 108 Å². The summed E-state index contributed by atoms with van der Waals surface area (Å²) in [6, 6.07) is 1.72. The molecule has 0 fully saturated rings. The van der Waals surface area contributed by atoms with E-state index in [0.29, 0.717) is 6.07 Å². The number of alkyl halides is 3. The zero-order valence-electron chi connectivity index (χ0n) is 10.2. The average Bonchev–Trinajstić information content (AvgIpc) is 2.26. The number of halogens is 4. The van der Waals surface area contributed by atoms with Crippen molar-refractivity contribution in [2.45, 2.75) is 36.2 Å². The minimum absolute atomic E-state index is 0.145. The van der Waals surface area contributed by atoms with Crippen LogP contribution in [0, 0.1) is 5.82 Å². The molecule has 8 heteroatoms. The lowest BCUT2D eigenvalue weighted by Crippen LogP contribution is -2.28. The lowest BCUT2D eigenvalue weighted by atomic mass is 9.95. The van der Waals surface area contributed by atoms with Crippen LogP contribution in [-0.2, 0) is 9.84 Å². The van der Waals surface area contributed by atoms with Gasteiger partial charge in [-0.15, -0.1) is 0 Å². The van der Waals surface area contributed by atoms with E-state index in [9.17, 15) is 26.0 Å². The van der Waals surface area contributed by atoms with Gasteiger partial charge in [0.2, 0.25) is 0 Å². The molecule has 0 aliphatic carbocycles. The minimum Gasteiger partial charge on any atom is -0.327 e. The highest BCUT2D eigenvalue weighted by Crippen LogP contribution is 2.35. The first kappa shape index (κ1) is 15.9. The lowest BCUT2D eigenvalue weighted by molar-refractivity contribution is -0.0436. The number of sulfone groups is 1. The molecule has 0 spiro atoms. The topological polar surface area (TPSA) is 60.2 Å². The van der Waals surface area contributed by atoms with E-state index < -0.39 is 38.0 Å². The number of benzene rings is 1. The molecule has 0 heterocycles. The van der Waals surface area contributed by atoms with E-state index in [0.717, 1.165) is 12.1 Å². The maximum absolute atomic E-state index is 13.1. The van der Waals surface area contributed by atoms with Gasteiger partial charge in [0.15, 0.2) is 0 Å². The molecule has 2 N–H and O–H groups in total. The molecule has 0 aliphatic heterocycles. The summed E-state index contributed by atoms with van der Waals surface area (Å²) < 4.78 is 73.6. The van der Waals surface area contributed by atoms with Crippen molar-refractivity contribution in [2.75, 3.05) is 0 Å². The van der Waals surface area contributed by atoms with Gasteiger partial charge in [-0.25, -0.2) is 12.8 Å². The summed E-state index contributed by atoms with van der Waals surface area (Å²) in [6.07, 6.45) is 0. The quantitative estimate of drug-likeness (QED) is 0.873. The SMILES string of the molecule is CC(N)C(C)c1ccc(F)cc1S(=O)(=O)C(F)(F)F. The van der Waals surface area contributed by atoms with Crippen molar-refractivity contribution in [1.29, 1.82) is 0 Å². The molecule has 0 saturated carbocycles. The van der Waals surface area contributed by atoms with Gasteiger partial charge >= 0.3 is 5.51 Å². The summed E-state index contributed by atoms with van der Waals surface area (Å²) in [4.78, 5) is -1.08. The van der Waals surface area contributed by atoms with Crippen molar-refractivity contribution in [2.24, 2.45) is 5.73 Å². The molecule has 0 saturated heterocycles. The molecule has 0 aromatic heterocycles. The van der Waals surface area contributed by atoms with Crippen molar-refractivity contribution in [3.05, 3.63) is 29.6 Å². The van der Waals surface area contributed by atoms with E-state index in [1.807, 2.05) is 0 Å². The highest BCUT2D eigenvalue weighted by atomic mass is 32.2. The summed E-state index contributed by atoms with van der Waals surface area (Å²) in [7, 11) is -5.60. The largest absolute Gasteiger partial charge is 0.501 e. The monoisotopic (exact) mass is 299 g/mol. The van der Waals surface area contributed by atoms with Gasteiger partial charge in [0, 0.05) is 6.04 Å². The Hall–Kier alpha value is -1.15. The maximum atomic E-state index is 13.1. The summed E-state index contributed by atoms with van der Waals surface area (Å²) in [5.74, 6) is -1.71. The molecule has 1 rings (SSSR count). The van der Waals surface area contributed by atoms with E-state index in [1.54, 1.807) is 0 Å². The van der Waals surface area contributed by atoms with Crippen LogP contribution >= 0.6 is 0 Å². The molecule has 0 amide bonds. The first-order valence-electron chi connectivity index (χ1n) is 5.35. The molecular formula is C11H13F4NO2S. The van der Waals surface area contributed by atoms with E-state index >= 15 is 0 Å². The second kappa shape index (κ2) is 5.09. The van der Waals surface area contributed by atoms with Crippen LogP contribution in [0.3, 0.4) is 0 Å². The Kier molecular flexibility index (Phi) is 4.26. The number of hydrogen-bond donors (Lipinski definition) is 1. The van der Waals surface area contributed by atoms with Crippen molar-refractivity contribution in [3.8, 4) is 0 Å². The van der Waals surface area contributed by atoms with Gasteiger partial charge < -0.3 is 5.73 Å². The molecule has 0 radical (unpaired) electrons. The Balaban J connectivity index is 3.55. The van der Waals surface area contributed by atoms with Gasteiger partial charge in [-0.2, -0.15) is 13.2 Å². The molecule has 0 bridgehead atoms. The minimum atomic E-state index is -5.60. The fourth-order valence-corrected chi connectivity index (χ4v) is 2.61. The van der Waals surface area contributed by atoms with Crippen LogP contribution in [0.15, 0.2) is 23.1 Å². The average molecular weight is 299 g/mol. The Bertz CT molecular complexity index is 567. The molecule has 108 valence electrons. The lowest BCUT2D eigenvalue weighted by Gasteiger charge is -2.20. The zero-order chi connectivity index (χ0) is 15.0. The highest BCUT2D eigenvalue weighted by Gasteiger charge is 2.48. The Morgan fingerprint density at radius 3 is 2.16 bits per heavy atom. The molecule has 19 heavy (non-hydrogen) atoms. The Morgan fingerprint density at radius 1 is 1.21 bits per heavy atom. The number of rotatable bonds is 3. The van der Waals surface area contributed by atoms with E-state index in [2.05, 4.69) is 0 Å². The van der Waals surface area contributed by atoms with Crippen molar-refractivity contribution in [3.63, 3.8) is 0 Å². The van der Waals surface area contributed by atoms with Crippen LogP contribution in [0.1, 0.15) is 25.3 Å². The predicted molar refractivity (Wildman–Crippen MR) is 61.7 cm³/mol. The smallest absolute Gasteiger partial charge is 0.327 e. The van der Waals surface area contributed by atoms with Gasteiger partial charge in [0.25, 0.3) is 9.84 Å². The maximum Gasteiger partial charge on any atom is 0.501 e. The van der Waals surface area contributed by atoms with Crippen LogP contribution < -0.4 is 5.73 Å². The molecule has 0 aliphatic rings. The molecule has 1 aromatic carbocycles. The number of hydrogen-bond acceptors (Lipinski definition) is 3.